The van der Waals surface area contributed by atoms with E-state index >= 15 is 0 Å². The van der Waals surface area contributed by atoms with E-state index in [1.165, 1.54) is 13.0 Å². The van der Waals surface area contributed by atoms with Crippen LogP contribution in [0.15, 0.2) is 24.4 Å². The molecular weight excluding hydrogens is 248 g/mol. The molecule has 0 bridgehead atoms. The maximum absolute atomic E-state index is 5.20. The minimum atomic E-state index is 0.931. The van der Waals surface area contributed by atoms with Gasteiger partial charge in [-0.25, -0.2) is 0 Å². The molecule has 0 aliphatic carbocycles. The Kier molecular flexibility index (Phi) is 19.3. The third kappa shape index (κ3) is 13.5. The Labute approximate surface area is 126 Å². The molecule has 3 nitrogen and oxygen atoms in total. The van der Waals surface area contributed by atoms with Gasteiger partial charge in [0.1, 0.15) is 0 Å². The molecule has 0 spiro atoms. The average molecular weight is 282 g/mol. The predicted octanol–water partition coefficient (Wildman–Crippen LogP) is 4.17. The summed E-state index contributed by atoms with van der Waals surface area (Å²) in [5, 5.41) is 0. The van der Waals surface area contributed by atoms with Gasteiger partial charge in [-0.1, -0.05) is 40.7 Å². The minimum absolute atomic E-state index is 0.931. The van der Waals surface area contributed by atoms with Gasteiger partial charge in [0.15, 0.2) is 0 Å². The van der Waals surface area contributed by atoms with Crippen LogP contribution in [0.5, 0.6) is 0 Å². The molecule has 0 saturated carbocycles. The zero-order valence-electron chi connectivity index (χ0n) is 14.4. The Hall–Kier alpha value is -0.930. The lowest BCUT2D eigenvalue weighted by Crippen LogP contribution is -2.36. The summed E-state index contributed by atoms with van der Waals surface area (Å²) in [6, 6.07) is 5.86. The van der Waals surface area contributed by atoms with Gasteiger partial charge in [0.2, 0.25) is 0 Å². The summed E-state index contributed by atoms with van der Waals surface area (Å²) in [7, 11) is 0. The first-order valence-electron chi connectivity index (χ1n) is 8.00. The molecule has 118 valence electrons. The van der Waals surface area contributed by atoms with Crippen LogP contribution < -0.4 is 0 Å². The molecule has 1 aromatic heterocycles. The highest BCUT2D eigenvalue weighted by Gasteiger charge is 2.07. The van der Waals surface area contributed by atoms with Crippen molar-refractivity contribution in [3.8, 4) is 0 Å². The highest BCUT2D eigenvalue weighted by Crippen LogP contribution is 1.96. The number of ether oxygens (including phenoxy) is 1. The summed E-state index contributed by atoms with van der Waals surface area (Å²) >= 11 is 0. The third-order valence-corrected chi connectivity index (χ3v) is 2.46. The molecule has 0 radical (unpaired) electrons. The van der Waals surface area contributed by atoms with Crippen LogP contribution in [0.3, 0.4) is 0 Å². The summed E-state index contributed by atoms with van der Waals surface area (Å²) in [5.41, 5.74) is 1.07. The Balaban J connectivity index is 0. The van der Waals surface area contributed by atoms with Crippen molar-refractivity contribution < 1.29 is 4.74 Å². The lowest BCUT2D eigenvalue weighted by molar-refractivity contribution is 0.0380. The van der Waals surface area contributed by atoms with Gasteiger partial charge in [-0.2, -0.15) is 0 Å². The Morgan fingerprint density at radius 3 is 2.05 bits per heavy atom. The van der Waals surface area contributed by atoms with Crippen LogP contribution >= 0.6 is 0 Å². The van der Waals surface area contributed by atoms with Crippen LogP contribution in [0.2, 0.25) is 0 Å². The van der Waals surface area contributed by atoms with Crippen molar-refractivity contribution in [1.82, 2.24) is 9.88 Å². The maximum atomic E-state index is 5.20. The molecule has 0 N–H and O–H groups in total. The second-order valence-electron chi connectivity index (χ2n) is 3.93. The smallest absolute Gasteiger partial charge is 0.0594 e. The van der Waals surface area contributed by atoms with E-state index in [1.807, 2.05) is 52.8 Å². The van der Waals surface area contributed by atoms with Crippen molar-refractivity contribution in [3.05, 3.63) is 30.1 Å². The highest BCUT2D eigenvalue weighted by atomic mass is 16.5. The van der Waals surface area contributed by atoms with Crippen LogP contribution in [0.25, 0.3) is 0 Å². The molecule has 0 unspecified atom stereocenters. The van der Waals surface area contributed by atoms with Crippen LogP contribution in [-0.4, -0.2) is 42.7 Å². The van der Waals surface area contributed by atoms with E-state index < -0.39 is 0 Å². The van der Waals surface area contributed by atoms with Gasteiger partial charge in [-0.3, -0.25) is 9.88 Å². The Bertz CT molecular complexity index is 256. The standard InChI is InChI=1S/C7H15NO.C6H7N.2C2H6/c1-2-3-8-4-6-9-7-5-8;1-6-4-2-3-5-7-6;2*1-2/h2-7H2,1H3;2-5H,1H3;2*1-2H3. The quantitative estimate of drug-likeness (QED) is 0.814. The summed E-state index contributed by atoms with van der Waals surface area (Å²) < 4.78 is 5.20. The van der Waals surface area contributed by atoms with Crippen molar-refractivity contribution in [2.24, 2.45) is 0 Å². The summed E-state index contributed by atoms with van der Waals surface area (Å²) in [4.78, 5) is 6.43. The fourth-order valence-corrected chi connectivity index (χ4v) is 1.59. The van der Waals surface area contributed by atoms with Crippen LogP contribution in [0, 0.1) is 6.92 Å². The highest BCUT2D eigenvalue weighted by molar-refractivity contribution is 4.99. The molecule has 1 aromatic rings. The predicted molar refractivity (Wildman–Crippen MR) is 89.2 cm³/mol. The lowest BCUT2D eigenvalue weighted by Gasteiger charge is -2.25. The average Bonchev–Trinajstić information content (AvgIpc) is 2.54. The third-order valence-electron chi connectivity index (χ3n) is 2.46. The summed E-state index contributed by atoms with van der Waals surface area (Å²) in [5.74, 6) is 0. The van der Waals surface area contributed by atoms with E-state index in [-0.39, 0.29) is 0 Å². The fraction of sp³-hybridized carbons (Fsp3) is 0.706. The van der Waals surface area contributed by atoms with E-state index in [2.05, 4.69) is 16.8 Å². The van der Waals surface area contributed by atoms with Crippen molar-refractivity contribution >= 4 is 0 Å². The Morgan fingerprint density at radius 2 is 1.70 bits per heavy atom. The summed E-state index contributed by atoms with van der Waals surface area (Å²) in [6.45, 7) is 17.6. The van der Waals surface area contributed by atoms with Gasteiger partial charge >= 0.3 is 0 Å². The van der Waals surface area contributed by atoms with Gasteiger partial charge in [0.05, 0.1) is 13.2 Å². The number of nitrogens with zero attached hydrogens (tertiary/aromatic N) is 2. The monoisotopic (exact) mass is 282 g/mol. The van der Waals surface area contributed by atoms with Crippen molar-refractivity contribution in [2.75, 3.05) is 32.8 Å². The number of aryl methyl sites for hydroxylation is 1. The van der Waals surface area contributed by atoms with Crippen LogP contribution in [0.1, 0.15) is 46.7 Å². The molecular formula is C17H34N2O. The molecule has 0 amide bonds. The van der Waals surface area contributed by atoms with Crippen molar-refractivity contribution in [2.45, 2.75) is 48.0 Å². The van der Waals surface area contributed by atoms with Crippen molar-refractivity contribution in [3.63, 3.8) is 0 Å². The second-order valence-corrected chi connectivity index (χ2v) is 3.93. The van der Waals surface area contributed by atoms with Gasteiger partial charge in [0, 0.05) is 25.0 Å². The number of morpholine rings is 1. The first-order chi connectivity index (χ1) is 9.83. The SMILES string of the molecule is CC.CC.CCCN1CCOCC1.Cc1ccccn1. The van der Waals surface area contributed by atoms with Crippen LogP contribution in [0.4, 0.5) is 0 Å². The van der Waals surface area contributed by atoms with Crippen LogP contribution in [-0.2, 0) is 4.74 Å². The molecule has 1 aliphatic heterocycles. The van der Waals surface area contributed by atoms with Gasteiger partial charge in [-0.15, -0.1) is 0 Å². The molecule has 20 heavy (non-hydrogen) atoms. The first kappa shape index (κ1) is 21.4. The molecule has 3 heteroatoms. The molecule has 0 atom stereocenters. The zero-order chi connectivity index (χ0) is 15.6. The van der Waals surface area contributed by atoms with E-state index in [0.717, 1.165) is 32.0 Å². The lowest BCUT2D eigenvalue weighted by atomic mass is 10.4. The number of hydrogen-bond donors (Lipinski definition) is 0. The molecule has 2 rings (SSSR count). The molecule has 0 aromatic carbocycles. The van der Waals surface area contributed by atoms with Crippen molar-refractivity contribution in [1.29, 1.82) is 0 Å². The fourth-order valence-electron chi connectivity index (χ4n) is 1.59. The topological polar surface area (TPSA) is 25.4 Å². The zero-order valence-corrected chi connectivity index (χ0v) is 14.4. The second kappa shape index (κ2) is 18.1. The number of pyridine rings is 1. The number of hydrogen-bond acceptors (Lipinski definition) is 3. The van der Waals surface area contributed by atoms with E-state index in [4.69, 9.17) is 4.74 Å². The molecule has 1 fully saturated rings. The summed E-state index contributed by atoms with van der Waals surface area (Å²) in [6.07, 6.45) is 3.05. The minimum Gasteiger partial charge on any atom is -0.379 e. The Morgan fingerprint density at radius 1 is 1.10 bits per heavy atom. The van der Waals surface area contributed by atoms with Gasteiger partial charge in [-0.05, 0) is 32.0 Å². The normalized spacial score (nSPS) is 13.7. The van der Waals surface area contributed by atoms with E-state index in [9.17, 15) is 0 Å². The maximum Gasteiger partial charge on any atom is 0.0594 e. The van der Waals surface area contributed by atoms with E-state index in [1.54, 1.807) is 6.20 Å². The van der Waals surface area contributed by atoms with Gasteiger partial charge in [0.25, 0.3) is 0 Å². The molecule has 2 heterocycles. The number of aromatic nitrogens is 1. The molecule has 1 saturated heterocycles. The first-order valence-corrected chi connectivity index (χ1v) is 8.00. The number of rotatable bonds is 2. The van der Waals surface area contributed by atoms with E-state index in [0.29, 0.717) is 0 Å². The largest absolute Gasteiger partial charge is 0.379 e. The van der Waals surface area contributed by atoms with Gasteiger partial charge < -0.3 is 4.74 Å². The molecule has 1 aliphatic rings.